The lowest BCUT2D eigenvalue weighted by atomic mass is 10.1. The monoisotopic (exact) mass is 330 g/mol. The third-order valence-corrected chi connectivity index (χ3v) is 3.74. The third kappa shape index (κ3) is 3.15. The molecule has 1 aromatic carbocycles. The van der Waals surface area contributed by atoms with Gasteiger partial charge in [-0.25, -0.2) is 4.79 Å². The van der Waals surface area contributed by atoms with Crippen molar-refractivity contribution in [2.75, 3.05) is 24.3 Å². The molecule has 0 radical (unpaired) electrons. The van der Waals surface area contributed by atoms with E-state index in [1.807, 2.05) is 0 Å². The first kappa shape index (κ1) is 15.8. The Labute approximate surface area is 137 Å². The van der Waals surface area contributed by atoms with Gasteiger partial charge >= 0.3 is 6.03 Å². The molecule has 0 unspecified atom stereocenters. The number of fused-ring (bicyclic) bond motifs is 1. The lowest BCUT2D eigenvalue weighted by Gasteiger charge is -2.13. The molecule has 0 fully saturated rings. The molecule has 0 saturated heterocycles. The second-order valence-corrected chi connectivity index (χ2v) is 5.31. The number of hydrogen-bond donors (Lipinski definition) is 5. The molecule has 0 saturated carbocycles. The number of anilines is 2. The number of carbonyl (C=O) groups excluding carboxylic acids is 2. The predicted octanol–water partition coefficient (Wildman–Crippen LogP) is 0.807. The molecule has 1 aliphatic heterocycles. The summed E-state index contributed by atoms with van der Waals surface area (Å²) in [6.07, 6.45) is 0.816. The van der Waals surface area contributed by atoms with E-state index in [2.05, 4.69) is 26.1 Å². The van der Waals surface area contributed by atoms with Crippen LogP contribution in [0.1, 0.15) is 21.7 Å². The zero-order valence-corrected chi connectivity index (χ0v) is 13.1. The molecule has 1 aromatic heterocycles. The van der Waals surface area contributed by atoms with Crippen molar-refractivity contribution in [2.45, 2.75) is 13.0 Å². The molecule has 0 bridgehead atoms. The van der Waals surface area contributed by atoms with Crippen LogP contribution < -0.4 is 26.4 Å². The number of nitrogens with two attached hydrogens (primary N) is 1. The zero-order valence-electron chi connectivity index (χ0n) is 13.1. The van der Waals surface area contributed by atoms with Crippen molar-refractivity contribution in [3.05, 3.63) is 35.2 Å². The summed E-state index contributed by atoms with van der Waals surface area (Å²) in [5, 5.41) is 15.5. The summed E-state index contributed by atoms with van der Waals surface area (Å²) in [6, 6.07) is 4.14. The van der Waals surface area contributed by atoms with Crippen LogP contribution in [0.15, 0.2) is 18.2 Å². The van der Waals surface area contributed by atoms with Crippen molar-refractivity contribution in [2.24, 2.45) is 5.73 Å². The number of nitrogens with one attached hydrogen (secondary N) is 4. The maximum atomic E-state index is 12.5. The van der Waals surface area contributed by atoms with Crippen LogP contribution in [0.2, 0.25) is 0 Å². The first-order chi connectivity index (χ1) is 11.6. The van der Waals surface area contributed by atoms with E-state index in [-0.39, 0.29) is 5.91 Å². The molecule has 24 heavy (non-hydrogen) atoms. The Bertz CT molecular complexity index is 786. The molecule has 1 aliphatic rings. The van der Waals surface area contributed by atoms with Crippen LogP contribution >= 0.6 is 0 Å². The molecule has 2 heterocycles. The Morgan fingerprint density at radius 3 is 2.92 bits per heavy atom. The van der Waals surface area contributed by atoms with E-state index in [9.17, 15) is 9.59 Å². The van der Waals surface area contributed by atoms with Gasteiger partial charge in [0.15, 0.2) is 5.69 Å². The summed E-state index contributed by atoms with van der Waals surface area (Å²) in [6.45, 7) is 1.47. The molecule has 2 aromatic rings. The Kier molecular flexibility index (Phi) is 4.34. The number of H-pyrrole nitrogens is 1. The van der Waals surface area contributed by atoms with E-state index in [0.717, 1.165) is 24.2 Å². The molecule has 3 rings (SSSR count). The highest BCUT2D eigenvalue weighted by Gasteiger charge is 2.21. The molecule has 3 amide bonds. The quantitative estimate of drug-likeness (QED) is 0.565. The molecule has 126 valence electrons. The molecule has 0 atom stereocenters. The molecule has 9 nitrogen and oxygen atoms in total. The fraction of sp³-hybridized carbons (Fsp3) is 0.267. The van der Waals surface area contributed by atoms with E-state index in [0.29, 0.717) is 29.4 Å². The normalized spacial score (nSPS) is 13.0. The van der Waals surface area contributed by atoms with Crippen LogP contribution in [-0.2, 0) is 13.0 Å². The van der Waals surface area contributed by atoms with Crippen molar-refractivity contribution in [1.29, 1.82) is 0 Å². The van der Waals surface area contributed by atoms with Gasteiger partial charge in [-0.15, -0.1) is 0 Å². The summed E-state index contributed by atoms with van der Waals surface area (Å²) in [5.41, 5.74) is 8.29. The van der Waals surface area contributed by atoms with Gasteiger partial charge in [0.1, 0.15) is 5.75 Å². The second-order valence-electron chi connectivity index (χ2n) is 5.31. The van der Waals surface area contributed by atoms with Gasteiger partial charge < -0.3 is 26.4 Å². The van der Waals surface area contributed by atoms with E-state index in [1.54, 1.807) is 18.2 Å². The minimum Gasteiger partial charge on any atom is -0.494 e. The van der Waals surface area contributed by atoms with Crippen molar-refractivity contribution < 1.29 is 14.3 Å². The molecule has 6 N–H and O–H groups in total. The number of carbonyl (C=O) groups is 2. The first-order valence-electron chi connectivity index (χ1n) is 7.41. The van der Waals surface area contributed by atoms with Crippen LogP contribution in [0.25, 0.3) is 0 Å². The van der Waals surface area contributed by atoms with Gasteiger partial charge in [0.25, 0.3) is 5.91 Å². The van der Waals surface area contributed by atoms with Crippen LogP contribution in [-0.4, -0.2) is 35.8 Å². The van der Waals surface area contributed by atoms with E-state index >= 15 is 0 Å². The minimum atomic E-state index is -0.694. The summed E-state index contributed by atoms with van der Waals surface area (Å²) >= 11 is 0. The predicted molar refractivity (Wildman–Crippen MR) is 88.2 cm³/mol. The van der Waals surface area contributed by atoms with E-state index < -0.39 is 6.03 Å². The molecular weight excluding hydrogens is 312 g/mol. The van der Waals surface area contributed by atoms with Crippen LogP contribution in [0.3, 0.4) is 0 Å². The fourth-order valence-corrected chi connectivity index (χ4v) is 2.61. The van der Waals surface area contributed by atoms with Gasteiger partial charge in [0.2, 0.25) is 0 Å². The van der Waals surface area contributed by atoms with Gasteiger partial charge in [0, 0.05) is 42.5 Å². The number of methoxy groups -OCH3 is 1. The lowest BCUT2D eigenvalue weighted by molar-refractivity contribution is 0.102. The van der Waals surface area contributed by atoms with Gasteiger partial charge in [-0.1, -0.05) is 0 Å². The molecule has 0 aliphatic carbocycles. The summed E-state index contributed by atoms with van der Waals surface area (Å²) in [7, 11) is 1.46. The van der Waals surface area contributed by atoms with Gasteiger partial charge in [-0.05, 0) is 12.1 Å². The molecule has 0 spiro atoms. The van der Waals surface area contributed by atoms with E-state index in [4.69, 9.17) is 10.5 Å². The largest absolute Gasteiger partial charge is 0.494 e. The maximum Gasteiger partial charge on any atom is 0.316 e. The maximum absolute atomic E-state index is 12.5. The highest BCUT2D eigenvalue weighted by atomic mass is 16.5. The van der Waals surface area contributed by atoms with Crippen LogP contribution in [0.5, 0.6) is 5.75 Å². The van der Waals surface area contributed by atoms with Crippen LogP contribution in [0.4, 0.5) is 16.2 Å². The van der Waals surface area contributed by atoms with Crippen LogP contribution in [0, 0.1) is 0 Å². The van der Waals surface area contributed by atoms with E-state index in [1.165, 1.54) is 7.11 Å². The number of aromatic amines is 1. The highest BCUT2D eigenvalue weighted by molar-refractivity contribution is 6.04. The summed E-state index contributed by atoms with van der Waals surface area (Å²) in [4.78, 5) is 23.4. The minimum absolute atomic E-state index is 0.311. The number of hydrogen-bond acceptors (Lipinski definition) is 5. The number of ether oxygens (including phenoxy) is 1. The lowest BCUT2D eigenvalue weighted by Crippen LogP contribution is -2.25. The Balaban J connectivity index is 1.79. The standard InChI is InChI=1S/C15H18N6O3/c1-24-12-6-8(2-3-11(12)19-15(16)23)18-14(22)13-9-7-17-5-4-10(9)20-21-13/h2-3,6,17H,4-5,7H2,1H3,(H,18,22)(H,20,21)(H3,16,19,23). The Hall–Kier alpha value is -3.07. The second kappa shape index (κ2) is 6.59. The summed E-state index contributed by atoms with van der Waals surface area (Å²) < 4.78 is 5.20. The number of benzene rings is 1. The first-order valence-corrected chi connectivity index (χ1v) is 7.41. The highest BCUT2D eigenvalue weighted by Crippen LogP contribution is 2.28. The fourth-order valence-electron chi connectivity index (χ4n) is 2.61. The number of aromatic nitrogens is 2. The van der Waals surface area contributed by atoms with Crippen molar-refractivity contribution >= 4 is 23.3 Å². The SMILES string of the molecule is COc1cc(NC(=O)c2n[nH]c3c2CNCC3)ccc1NC(N)=O. The Morgan fingerprint density at radius 2 is 2.17 bits per heavy atom. The average molecular weight is 330 g/mol. The number of amides is 3. The van der Waals surface area contributed by atoms with Gasteiger partial charge in [-0.2, -0.15) is 5.10 Å². The third-order valence-electron chi connectivity index (χ3n) is 3.74. The van der Waals surface area contributed by atoms with Crippen molar-refractivity contribution in [1.82, 2.24) is 15.5 Å². The molecule has 9 heteroatoms. The zero-order chi connectivity index (χ0) is 17.1. The Morgan fingerprint density at radius 1 is 1.33 bits per heavy atom. The molecular formula is C15H18N6O3. The van der Waals surface area contributed by atoms with Gasteiger partial charge in [-0.3, -0.25) is 9.89 Å². The number of urea groups is 1. The summed E-state index contributed by atoms with van der Waals surface area (Å²) in [5.74, 6) is 0.0752. The topological polar surface area (TPSA) is 134 Å². The van der Waals surface area contributed by atoms with Crippen molar-refractivity contribution in [3.8, 4) is 5.75 Å². The van der Waals surface area contributed by atoms with Crippen molar-refractivity contribution in [3.63, 3.8) is 0 Å². The van der Waals surface area contributed by atoms with Gasteiger partial charge in [0.05, 0.1) is 12.8 Å². The number of primary amides is 1. The number of rotatable bonds is 4. The smallest absolute Gasteiger partial charge is 0.316 e. The number of nitrogens with zero attached hydrogens (tertiary/aromatic N) is 1. The average Bonchev–Trinajstić information content (AvgIpc) is 3.00.